The fraction of sp³-hybridized carbons (Fsp3) is 0.120. The van der Waals surface area contributed by atoms with Crippen LogP contribution in [0.25, 0.3) is 65.7 Å². The first-order valence-electron chi connectivity index (χ1n) is 18.6. The predicted octanol–water partition coefficient (Wildman–Crippen LogP) is 14.1. The van der Waals surface area contributed by atoms with Crippen LogP contribution in [0.2, 0.25) is 0 Å². The van der Waals surface area contributed by atoms with E-state index in [0.717, 1.165) is 36.8 Å². The van der Waals surface area contributed by atoms with Gasteiger partial charge in [0.15, 0.2) is 0 Å². The Morgan fingerprint density at radius 2 is 1.02 bits per heavy atom. The Bertz CT molecular complexity index is 2680. The van der Waals surface area contributed by atoms with Gasteiger partial charge in [-0.3, -0.25) is 0 Å². The van der Waals surface area contributed by atoms with E-state index >= 15 is 0 Å². The summed E-state index contributed by atoms with van der Waals surface area (Å²) >= 11 is 0. The van der Waals surface area contributed by atoms with Gasteiger partial charge >= 0.3 is 0 Å². The Kier molecular flexibility index (Phi) is 7.61. The predicted molar refractivity (Wildman–Crippen MR) is 220 cm³/mol. The van der Waals surface area contributed by atoms with Crippen molar-refractivity contribution < 1.29 is 4.42 Å². The summed E-state index contributed by atoms with van der Waals surface area (Å²) in [4.78, 5) is 2.61. The Hall–Kier alpha value is -6.12. The number of para-hydroxylation sites is 1. The van der Waals surface area contributed by atoms with Gasteiger partial charge in [0.25, 0.3) is 0 Å². The number of nitrogens with zero attached hydrogens (tertiary/aromatic N) is 1. The van der Waals surface area contributed by atoms with E-state index < -0.39 is 0 Å². The zero-order valence-corrected chi connectivity index (χ0v) is 29.1. The number of hydrogen-bond donors (Lipinski definition) is 0. The minimum atomic E-state index is 0.395. The molecule has 0 unspecified atom stereocenters. The average molecular weight is 670 g/mol. The molecule has 0 saturated heterocycles. The Morgan fingerprint density at radius 3 is 1.81 bits per heavy atom. The Morgan fingerprint density at radius 1 is 0.404 bits per heavy atom. The second-order valence-corrected chi connectivity index (χ2v) is 14.3. The third-order valence-electron chi connectivity index (χ3n) is 11.4. The van der Waals surface area contributed by atoms with Crippen molar-refractivity contribution in [1.29, 1.82) is 0 Å². The first-order valence-corrected chi connectivity index (χ1v) is 18.6. The molecule has 1 fully saturated rings. The van der Waals surface area contributed by atoms with Gasteiger partial charge in [0.2, 0.25) is 0 Å². The maximum absolute atomic E-state index is 6.34. The largest absolute Gasteiger partial charge is 0.456 e. The fourth-order valence-electron chi connectivity index (χ4n) is 8.90. The molecule has 2 nitrogen and oxygen atoms in total. The molecule has 1 aliphatic carbocycles. The summed E-state index contributed by atoms with van der Waals surface area (Å²) in [5, 5.41) is 7.70. The number of hydrogen-bond acceptors (Lipinski definition) is 2. The molecule has 9 aromatic rings. The molecule has 250 valence electrons. The topological polar surface area (TPSA) is 16.4 Å². The second-order valence-electron chi connectivity index (χ2n) is 14.3. The van der Waals surface area contributed by atoms with Gasteiger partial charge in [-0.15, -0.1) is 0 Å². The lowest BCUT2D eigenvalue weighted by atomic mass is 9.79. The fourth-order valence-corrected chi connectivity index (χ4v) is 8.90. The molecule has 0 N–H and O–H groups in total. The zero-order chi connectivity index (χ0) is 34.4. The zero-order valence-electron chi connectivity index (χ0n) is 29.1. The maximum Gasteiger partial charge on any atom is 0.136 e. The highest BCUT2D eigenvalue weighted by atomic mass is 16.3. The normalized spacial score (nSPS) is 16.2. The van der Waals surface area contributed by atoms with E-state index in [1.165, 1.54) is 71.5 Å². The van der Waals surface area contributed by atoms with E-state index in [-0.39, 0.29) is 0 Å². The highest BCUT2D eigenvalue weighted by molar-refractivity contribution is 6.19. The highest BCUT2D eigenvalue weighted by Crippen LogP contribution is 2.45. The molecule has 0 aliphatic heterocycles. The van der Waals surface area contributed by atoms with Crippen LogP contribution in [0.1, 0.15) is 37.2 Å². The van der Waals surface area contributed by atoms with E-state index in [1.54, 1.807) is 0 Å². The summed E-state index contributed by atoms with van der Waals surface area (Å²) in [6.45, 7) is 0. The smallest absolute Gasteiger partial charge is 0.136 e. The molecule has 2 heteroatoms. The van der Waals surface area contributed by atoms with Gasteiger partial charge in [-0.05, 0) is 117 Å². The van der Waals surface area contributed by atoms with E-state index in [2.05, 4.69) is 181 Å². The average Bonchev–Trinajstić information content (AvgIpc) is 3.61. The molecular formula is C50H39NO. The Labute approximate surface area is 304 Å². The molecule has 1 aromatic heterocycles. The van der Waals surface area contributed by atoms with Crippen molar-refractivity contribution in [3.05, 3.63) is 181 Å². The molecule has 0 spiro atoms. The van der Waals surface area contributed by atoms with Gasteiger partial charge in [-0.25, -0.2) is 0 Å². The third-order valence-corrected chi connectivity index (χ3v) is 11.4. The van der Waals surface area contributed by atoms with Gasteiger partial charge in [0.1, 0.15) is 11.2 Å². The second kappa shape index (κ2) is 12.9. The lowest BCUT2D eigenvalue weighted by Gasteiger charge is -2.39. The van der Waals surface area contributed by atoms with Crippen LogP contribution >= 0.6 is 0 Å². The SMILES string of the molecule is c1ccc(-c2ccc(N(c3ccc(-c4cccc5ccccc45)cc3)C3CCC(c4cccc5ccc6oc7ccccc7c6c45)CC3)cc2)cc1. The molecule has 1 heterocycles. The molecule has 0 amide bonds. The quantitative estimate of drug-likeness (QED) is 0.175. The molecule has 10 rings (SSSR count). The number of furan rings is 1. The van der Waals surface area contributed by atoms with Crippen LogP contribution in [0.3, 0.4) is 0 Å². The van der Waals surface area contributed by atoms with E-state index in [4.69, 9.17) is 4.42 Å². The van der Waals surface area contributed by atoms with Crippen LogP contribution in [-0.2, 0) is 0 Å². The molecule has 0 atom stereocenters. The van der Waals surface area contributed by atoms with Crippen LogP contribution in [0.4, 0.5) is 11.4 Å². The Balaban J connectivity index is 0.999. The van der Waals surface area contributed by atoms with Crippen molar-refractivity contribution in [2.75, 3.05) is 4.90 Å². The van der Waals surface area contributed by atoms with Crippen LogP contribution in [0, 0.1) is 0 Å². The van der Waals surface area contributed by atoms with Crippen LogP contribution in [0.15, 0.2) is 180 Å². The summed E-state index contributed by atoms with van der Waals surface area (Å²) in [6.07, 6.45) is 4.52. The standard InChI is InChI=1S/C50H39NO/c1-2-10-34(11-3-1)35-20-27-40(28-21-35)51(41-29-22-37(23-30-41)44-17-8-13-36-12-4-5-15-43(36)44)42-31-24-38(25-32-42)45-18-9-14-39-26-33-48-50(49(39)45)46-16-6-7-19-47(46)52-48/h1-23,26-30,33,38,42H,24-25,31-32H2. The monoisotopic (exact) mass is 669 g/mol. The minimum Gasteiger partial charge on any atom is -0.456 e. The summed E-state index contributed by atoms with van der Waals surface area (Å²) in [7, 11) is 0. The van der Waals surface area contributed by atoms with Crippen LogP contribution < -0.4 is 4.90 Å². The van der Waals surface area contributed by atoms with Gasteiger partial charge in [0, 0.05) is 28.2 Å². The summed E-state index contributed by atoms with van der Waals surface area (Å²) in [5.74, 6) is 0.496. The molecular weight excluding hydrogens is 631 g/mol. The van der Waals surface area contributed by atoms with Crippen molar-refractivity contribution in [2.24, 2.45) is 0 Å². The van der Waals surface area contributed by atoms with Crippen molar-refractivity contribution in [2.45, 2.75) is 37.6 Å². The molecule has 0 radical (unpaired) electrons. The van der Waals surface area contributed by atoms with Crippen molar-refractivity contribution >= 4 is 54.9 Å². The van der Waals surface area contributed by atoms with E-state index in [1.807, 2.05) is 0 Å². The van der Waals surface area contributed by atoms with Crippen LogP contribution in [0.5, 0.6) is 0 Å². The maximum atomic E-state index is 6.34. The molecule has 0 bridgehead atoms. The molecule has 52 heavy (non-hydrogen) atoms. The number of rotatable bonds is 6. The molecule has 1 saturated carbocycles. The minimum absolute atomic E-state index is 0.395. The highest BCUT2D eigenvalue weighted by Gasteiger charge is 2.29. The van der Waals surface area contributed by atoms with Crippen molar-refractivity contribution in [3.63, 3.8) is 0 Å². The van der Waals surface area contributed by atoms with Gasteiger partial charge < -0.3 is 9.32 Å². The van der Waals surface area contributed by atoms with E-state index in [9.17, 15) is 0 Å². The summed E-state index contributed by atoms with van der Waals surface area (Å²) < 4.78 is 6.34. The van der Waals surface area contributed by atoms with Gasteiger partial charge in [-0.1, -0.05) is 140 Å². The van der Waals surface area contributed by atoms with Gasteiger partial charge in [0.05, 0.1) is 0 Å². The summed E-state index contributed by atoms with van der Waals surface area (Å²) in [6, 6.07) is 64.6. The lowest BCUT2D eigenvalue weighted by molar-refractivity contribution is 0.393. The van der Waals surface area contributed by atoms with Crippen LogP contribution in [-0.4, -0.2) is 6.04 Å². The van der Waals surface area contributed by atoms with Crippen molar-refractivity contribution in [1.82, 2.24) is 0 Å². The first kappa shape index (κ1) is 30.7. The molecule has 8 aromatic carbocycles. The molecule has 1 aliphatic rings. The number of fused-ring (bicyclic) bond motifs is 6. The van der Waals surface area contributed by atoms with Gasteiger partial charge in [-0.2, -0.15) is 0 Å². The summed E-state index contributed by atoms with van der Waals surface area (Å²) in [5.41, 5.74) is 10.9. The first-order chi connectivity index (χ1) is 25.8. The van der Waals surface area contributed by atoms with E-state index in [0.29, 0.717) is 12.0 Å². The lowest BCUT2D eigenvalue weighted by Crippen LogP contribution is -2.34. The number of anilines is 2. The third kappa shape index (κ3) is 5.34. The van der Waals surface area contributed by atoms with Crippen molar-refractivity contribution in [3.8, 4) is 22.3 Å². The number of benzene rings is 8.